The number of ether oxygens (including phenoxy) is 3. The van der Waals surface area contributed by atoms with E-state index in [-0.39, 0.29) is 0 Å². The molecular weight excluding hydrogens is 254 g/mol. The zero-order valence-corrected chi connectivity index (χ0v) is 13.4. The molecule has 0 spiro atoms. The lowest BCUT2D eigenvalue weighted by molar-refractivity contribution is 0.0146. The minimum atomic E-state index is 0.662. The summed E-state index contributed by atoms with van der Waals surface area (Å²) >= 11 is 0. The Morgan fingerprint density at radius 3 is 2.15 bits per heavy atom. The molecule has 20 heavy (non-hydrogen) atoms. The number of unbranched alkanes of at least 4 members (excludes halogenated alkanes) is 1. The van der Waals surface area contributed by atoms with Crippen LogP contribution in [-0.2, 0) is 14.2 Å². The minimum Gasteiger partial charge on any atom is -0.379 e. The summed E-state index contributed by atoms with van der Waals surface area (Å²) in [5.41, 5.74) is 0. The Morgan fingerprint density at radius 2 is 1.55 bits per heavy atom. The fraction of sp³-hybridized carbons (Fsp3) is 1.00. The van der Waals surface area contributed by atoms with E-state index in [1.54, 1.807) is 0 Å². The highest BCUT2D eigenvalue weighted by molar-refractivity contribution is 4.79. The first-order chi connectivity index (χ1) is 9.84. The van der Waals surface area contributed by atoms with Crippen molar-refractivity contribution in [2.24, 2.45) is 11.8 Å². The molecule has 1 atom stereocenters. The lowest BCUT2D eigenvalue weighted by atomic mass is 10.1. The van der Waals surface area contributed by atoms with Gasteiger partial charge in [-0.25, -0.2) is 0 Å². The monoisotopic (exact) mass is 287 g/mol. The second-order valence-electron chi connectivity index (χ2n) is 5.71. The molecular formula is C16H33NO3. The highest BCUT2D eigenvalue weighted by Gasteiger charge is 2.27. The van der Waals surface area contributed by atoms with E-state index in [0.29, 0.717) is 26.4 Å². The number of rotatable bonds is 15. The van der Waals surface area contributed by atoms with Crippen LogP contribution in [0.15, 0.2) is 0 Å². The molecule has 1 rings (SSSR count). The van der Waals surface area contributed by atoms with Crippen molar-refractivity contribution >= 4 is 0 Å². The van der Waals surface area contributed by atoms with Crippen LogP contribution < -0.4 is 5.32 Å². The van der Waals surface area contributed by atoms with Crippen molar-refractivity contribution in [3.8, 4) is 0 Å². The Kier molecular flexibility index (Phi) is 11.2. The molecule has 4 nitrogen and oxygen atoms in total. The van der Waals surface area contributed by atoms with E-state index in [4.69, 9.17) is 14.2 Å². The summed E-state index contributed by atoms with van der Waals surface area (Å²) in [6.07, 6.45) is 5.18. The number of nitrogens with one attached hydrogen (secondary N) is 1. The average Bonchev–Trinajstić information content (AvgIpc) is 3.28. The summed E-state index contributed by atoms with van der Waals surface area (Å²) in [6, 6.07) is 0. The molecule has 1 aliphatic carbocycles. The van der Waals surface area contributed by atoms with Gasteiger partial charge < -0.3 is 19.5 Å². The van der Waals surface area contributed by atoms with Crippen LogP contribution >= 0.6 is 0 Å². The van der Waals surface area contributed by atoms with E-state index in [2.05, 4.69) is 19.2 Å². The standard InChI is InChI=1S/C16H33NO3/c1-3-4-8-18-10-12-20-13-11-19-9-7-17-14-15(2)16-5-6-16/h15-17H,3-14H2,1-2H3. The molecule has 0 bridgehead atoms. The summed E-state index contributed by atoms with van der Waals surface area (Å²) in [7, 11) is 0. The zero-order chi connectivity index (χ0) is 14.5. The molecule has 120 valence electrons. The van der Waals surface area contributed by atoms with E-state index in [1.165, 1.54) is 19.3 Å². The number of hydrogen-bond donors (Lipinski definition) is 1. The first-order valence-electron chi connectivity index (χ1n) is 8.28. The van der Waals surface area contributed by atoms with Gasteiger partial charge in [-0.1, -0.05) is 20.3 Å². The third-order valence-corrected chi connectivity index (χ3v) is 3.70. The summed E-state index contributed by atoms with van der Waals surface area (Å²) < 4.78 is 16.3. The second-order valence-corrected chi connectivity index (χ2v) is 5.71. The Morgan fingerprint density at radius 1 is 0.950 bits per heavy atom. The first-order valence-corrected chi connectivity index (χ1v) is 8.28. The second kappa shape index (κ2) is 12.6. The maximum absolute atomic E-state index is 5.51. The van der Waals surface area contributed by atoms with Gasteiger partial charge in [-0.2, -0.15) is 0 Å². The molecule has 0 aliphatic heterocycles. The average molecular weight is 287 g/mol. The quantitative estimate of drug-likeness (QED) is 0.470. The maximum atomic E-state index is 5.51. The third-order valence-electron chi connectivity index (χ3n) is 3.70. The summed E-state index contributed by atoms with van der Waals surface area (Å²) in [5.74, 6) is 1.81. The third kappa shape index (κ3) is 10.6. The number of hydrogen-bond acceptors (Lipinski definition) is 4. The van der Waals surface area contributed by atoms with Gasteiger partial charge >= 0.3 is 0 Å². The molecule has 1 unspecified atom stereocenters. The largest absolute Gasteiger partial charge is 0.379 e. The van der Waals surface area contributed by atoms with Crippen LogP contribution in [0.3, 0.4) is 0 Å². The lowest BCUT2D eigenvalue weighted by Gasteiger charge is -2.11. The molecule has 0 aromatic heterocycles. The van der Waals surface area contributed by atoms with E-state index in [0.717, 1.165) is 44.6 Å². The Hall–Kier alpha value is -0.160. The van der Waals surface area contributed by atoms with Crippen molar-refractivity contribution in [2.75, 3.05) is 52.7 Å². The van der Waals surface area contributed by atoms with Crippen molar-refractivity contribution in [3.05, 3.63) is 0 Å². The minimum absolute atomic E-state index is 0.662. The first kappa shape index (κ1) is 17.9. The SMILES string of the molecule is CCCCOCCOCCOCCNCC(C)C1CC1. The molecule has 1 saturated carbocycles. The van der Waals surface area contributed by atoms with Crippen LogP contribution in [0.1, 0.15) is 39.5 Å². The summed E-state index contributed by atoms with van der Waals surface area (Å²) in [6.45, 7) is 10.9. The molecule has 0 saturated heterocycles. The van der Waals surface area contributed by atoms with Crippen LogP contribution in [0, 0.1) is 11.8 Å². The molecule has 1 aliphatic rings. The predicted molar refractivity (Wildman–Crippen MR) is 82.1 cm³/mol. The summed E-state index contributed by atoms with van der Waals surface area (Å²) in [5, 5.41) is 3.45. The van der Waals surface area contributed by atoms with Crippen LogP contribution in [0.5, 0.6) is 0 Å². The highest BCUT2D eigenvalue weighted by atomic mass is 16.5. The molecule has 0 heterocycles. The van der Waals surface area contributed by atoms with Crippen molar-refractivity contribution in [2.45, 2.75) is 39.5 Å². The lowest BCUT2D eigenvalue weighted by Crippen LogP contribution is -2.26. The van der Waals surface area contributed by atoms with Gasteiger partial charge in [0, 0.05) is 13.2 Å². The van der Waals surface area contributed by atoms with Gasteiger partial charge in [0.25, 0.3) is 0 Å². The molecule has 0 aromatic carbocycles. The van der Waals surface area contributed by atoms with Crippen molar-refractivity contribution in [1.82, 2.24) is 5.32 Å². The van der Waals surface area contributed by atoms with E-state index in [1.807, 2.05) is 0 Å². The summed E-state index contributed by atoms with van der Waals surface area (Å²) in [4.78, 5) is 0. The molecule has 0 radical (unpaired) electrons. The van der Waals surface area contributed by atoms with Crippen LogP contribution in [0.4, 0.5) is 0 Å². The maximum Gasteiger partial charge on any atom is 0.0701 e. The molecule has 0 amide bonds. The topological polar surface area (TPSA) is 39.7 Å². The van der Waals surface area contributed by atoms with Crippen LogP contribution in [0.2, 0.25) is 0 Å². The van der Waals surface area contributed by atoms with Gasteiger partial charge in [-0.05, 0) is 37.6 Å². The van der Waals surface area contributed by atoms with Crippen molar-refractivity contribution in [3.63, 3.8) is 0 Å². The van der Waals surface area contributed by atoms with E-state index in [9.17, 15) is 0 Å². The Balaban J connectivity index is 1.66. The van der Waals surface area contributed by atoms with Gasteiger partial charge in [0.2, 0.25) is 0 Å². The fourth-order valence-corrected chi connectivity index (χ4v) is 2.09. The van der Waals surface area contributed by atoms with Crippen LogP contribution in [-0.4, -0.2) is 52.7 Å². The molecule has 1 N–H and O–H groups in total. The highest BCUT2D eigenvalue weighted by Crippen LogP contribution is 2.35. The van der Waals surface area contributed by atoms with Gasteiger partial charge in [0.15, 0.2) is 0 Å². The van der Waals surface area contributed by atoms with E-state index < -0.39 is 0 Å². The molecule has 0 aromatic rings. The molecule has 1 fully saturated rings. The zero-order valence-electron chi connectivity index (χ0n) is 13.4. The fourth-order valence-electron chi connectivity index (χ4n) is 2.09. The normalized spacial score (nSPS) is 16.5. The van der Waals surface area contributed by atoms with Crippen molar-refractivity contribution in [1.29, 1.82) is 0 Å². The van der Waals surface area contributed by atoms with Gasteiger partial charge in [0.1, 0.15) is 0 Å². The molecule has 4 heteroatoms. The predicted octanol–water partition coefficient (Wildman–Crippen LogP) is 2.47. The Labute approximate surface area is 124 Å². The van der Waals surface area contributed by atoms with Gasteiger partial charge in [-0.15, -0.1) is 0 Å². The Bertz CT molecular complexity index is 210. The van der Waals surface area contributed by atoms with Crippen LogP contribution in [0.25, 0.3) is 0 Å². The smallest absolute Gasteiger partial charge is 0.0701 e. The van der Waals surface area contributed by atoms with Crippen molar-refractivity contribution < 1.29 is 14.2 Å². The van der Waals surface area contributed by atoms with Gasteiger partial charge in [-0.3, -0.25) is 0 Å². The van der Waals surface area contributed by atoms with Gasteiger partial charge in [0.05, 0.1) is 33.0 Å². The van der Waals surface area contributed by atoms with E-state index >= 15 is 0 Å².